The molecule has 0 fully saturated rings. The molecule has 0 unspecified atom stereocenters. The summed E-state index contributed by atoms with van der Waals surface area (Å²) in [6.07, 6.45) is 1.44. The number of carboxylic acid groups (broad SMARTS) is 1. The van der Waals surface area contributed by atoms with Crippen molar-refractivity contribution in [2.24, 2.45) is 0 Å². The van der Waals surface area contributed by atoms with Crippen LogP contribution < -0.4 is 11.2 Å². The standard InChI is InChI=1S/C11H11N3O4S/c1-2-13-4-3-8(15)14(11(13)18)5-7-6-19-9(12-7)10(16)17/h3-4,6H,2,5H2,1H3,(H,16,17). The van der Waals surface area contributed by atoms with Crippen molar-refractivity contribution in [3.63, 3.8) is 0 Å². The third-order valence-corrected chi connectivity index (χ3v) is 3.41. The summed E-state index contributed by atoms with van der Waals surface area (Å²) in [4.78, 5) is 38.2. The van der Waals surface area contributed by atoms with Gasteiger partial charge in [-0.3, -0.25) is 9.36 Å². The summed E-state index contributed by atoms with van der Waals surface area (Å²) in [5.74, 6) is -1.12. The van der Waals surface area contributed by atoms with Crippen molar-refractivity contribution in [2.75, 3.05) is 0 Å². The highest BCUT2D eigenvalue weighted by atomic mass is 32.1. The van der Waals surface area contributed by atoms with Crippen molar-refractivity contribution >= 4 is 17.3 Å². The zero-order valence-corrected chi connectivity index (χ0v) is 10.9. The Morgan fingerprint density at radius 3 is 2.79 bits per heavy atom. The van der Waals surface area contributed by atoms with Crippen LogP contribution in [0.2, 0.25) is 0 Å². The number of aromatic carboxylic acids is 1. The molecule has 2 rings (SSSR count). The molecule has 2 aromatic rings. The van der Waals surface area contributed by atoms with Crippen LogP contribution in [0.4, 0.5) is 0 Å². The van der Waals surface area contributed by atoms with Crippen LogP contribution in [0.25, 0.3) is 0 Å². The van der Waals surface area contributed by atoms with Gasteiger partial charge in [0.1, 0.15) is 0 Å². The second kappa shape index (κ2) is 5.19. The molecule has 2 heterocycles. The Morgan fingerprint density at radius 2 is 2.21 bits per heavy atom. The summed E-state index contributed by atoms with van der Waals surface area (Å²) >= 11 is 0.964. The average Bonchev–Trinajstić information content (AvgIpc) is 2.83. The van der Waals surface area contributed by atoms with Crippen LogP contribution in [0.3, 0.4) is 0 Å². The van der Waals surface area contributed by atoms with E-state index < -0.39 is 17.2 Å². The molecule has 19 heavy (non-hydrogen) atoms. The number of carbonyl (C=O) groups is 1. The van der Waals surface area contributed by atoms with Gasteiger partial charge >= 0.3 is 11.7 Å². The van der Waals surface area contributed by atoms with E-state index in [0.717, 1.165) is 15.9 Å². The molecule has 0 aliphatic rings. The Balaban J connectivity index is 2.40. The van der Waals surface area contributed by atoms with E-state index in [-0.39, 0.29) is 11.6 Å². The van der Waals surface area contributed by atoms with Crippen LogP contribution in [0, 0.1) is 0 Å². The number of rotatable bonds is 4. The number of carboxylic acids is 1. The maximum Gasteiger partial charge on any atom is 0.365 e. The van der Waals surface area contributed by atoms with Gasteiger partial charge in [0.15, 0.2) is 0 Å². The predicted molar refractivity (Wildman–Crippen MR) is 68.8 cm³/mol. The van der Waals surface area contributed by atoms with E-state index in [1.165, 1.54) is 22.2 Å². The monoisotopic (exact) mass is 281 g/mol. The number of hydrogen-bond acceptors (Lipinski definition) is 5. The maximum atomic E-state index is 12.0. The smallest absolute Gasteiger partial charge is 0.365 e. The highest BCUT2D eigenvalue weighted by molar-refractivity contribution is 7.11. The SMILES string of the molecule is CCn1ccc(=O)n(Cc2csc(C(=O)O)n2)c1=O. The molecule has 0 spiro atoms. The molecule has 0 amide bonds. The molecule has 0 aromatic carbocycles. The molecule has 8 heteroatoms. The lowest BCUT2D eigenvalue weighted by atomic mass is 10.4. The summed E-state index contributed by atoms with van der Waals surface area (Å²) in [5.41, 5.74) is -0.477. The van der Waals surface area contributed by atoms with Gasteiger partial charge in [-0.05, 0) is 6.92 Å². The summed E-state index contributed by atoms with van der Waals surface area (Å²) in [5, 5.41) is 10.2. The van der Waals surface area contributed by atoms with Gasteiger partial charge in [0.25, 0.3) is 5.56 Å². The van der Waals surface area contributed by atoms with Crippen LogP contribution in [0.5, 0.6) is 0 Å². The molecule has 7 nitrogen and oxygen atoms in total. The zero-order valence-electron chi connectivity index (χ0n) is 10.1. The number of thiazole rings is 1. The van der Waals surface area contributed by atoms with E-state index in [9.17, 15) is 14.4 Å². The number of hydrogen-bond donors (Lipinski definition) is 1. The second-order valence-corrected chi connectivity index (χ2v) is 4.62. The first-order valence-corrected chi connectivity index (χ1v) is 6.39. The normalized spacial score (nSPS) is 10.6. The lowest BCUT2D eigenvalue weighted by molar-refractivity contribution is 0.0696. The highest BCUT2D eigenvalue weighted by Gasteiger charge is 2.11. The minimum atomic E-state index is -1.12. The molecular formula is C11H11N3O4S. The van der Waals surface area contributed by atoms with Gasteiger partial charge in [-0.2, -0.15) is 0 Å². The highest BCUT2D eigenvalue weighted by Crippen LogP contribution is 2.09. The molecule has 2 aromatic heterocycles. The quantitative estimate of drug-likeness (QED) is 0.866. The minimum absolute atomic E-state index is 0.0255. The molecule has 0 aliphatic heterocycles. The topological polar surface area (TPSA) is 94.2 Å². The molecule has 0 saturated heterocycles. The van der Waals surface area contributed by atoms with Crippen molar-refractivity contribution in [2.45, 2.75) is 20.0 Å². The summed E-state index contributed by atoms with van der Waals surface area (Å²) < 4.78 is 2.43. The first kappa shape index (κ1) is 13.2. The Hall–Kier alpha value is -2.22. The van der Waals surface area contributed by atoms with Gasteiger partial charge in [-0.25, -0.2) is 14.6 Å². The Labute approximate surface area is 111 Å². The number of aromatic nitrogens is 3. The predicted octanol–water partition coefficient (Wildman–Crippen LogP) is 0.233. The summed E-state index contributed by atoms with van der Waals surface area (Å²) in [6.45, 7) is 2.22. The van der Waals surface area contributed by atoms with Crippen LogP contribution in [0.15, 0.2) is 27.2 Å². The van der Waals surface area contributed by atoms with Crippen LogP contribution in [0.1, 0.15) is 22.4 Å². The molecule has 0 radical (unpaired) electrons. The molecule has 100 valence electrons. The zero-order chi connectivity index (χ0) is 14.0. The van der Waals surface area contributed by atoms with Gasteiger partial charge in [-0.15, -0.1) is 11.3 Å². The van der Waals surface area contributed by atoms with Crippen LogP contribution in [-0.4, -0.2) is 25.2 Å². The van der Waals surface area contributed by atoms with Crippen LogP contribution in [-0.2, 0) is 13.1 Å². The summed E-state index contributed by atoms with van der Waals surface area (Å²) in [6, 6.07) is 1.30. The number of aryl methyl sites for hydroxylation is 1. The van der Waals surface area contributed by atoms with E-state index in [1.54, 1.807) is 6.92 Å². The Bertz CT molecular complexity index is 728. The van der Waals surface area contributed by atoms with E-state index in [2.05, 4.69) is 4.98 Å². The van der Waals surface area contributed by atoms with E-state index in [4.69, 9.17) is 5.11 Å². The lowest BCUT2D eigenvalue weighted by Crippen LogP contribution is -2.39. The minimum Gasteiger partial charge on any atom is -0.476 e. The van der Waals surface area contributed by atoms with Gasteiger partial charge in [0, 0.05) is 24.2 Å². The first-order chi connectivity index (χ1) is 9.02. The largest absolute Gasteiger partial charge is 0.476 e. The average molecular weight is 281 g/mol. The molecule has 1 N–H and O–H groups in total. The second-order valence-electron chi connectivity index (χ2n) is 3.76. The van der Waals surface area contributed by atoms with Crippen molar-refractivity contribution in [3.05, 3.63) is 49.2 Å². The van der Waals surface area contributed by atoms with Crippen molar-refractivity contribution in [3.8, 4) is 0 Å². The van der Waals surface area contributed by atoms with E-state index in [0.29, 0.717) is 12.2 Å². The van der Waals surface area contributed by atoms with Gasteiger partial charge in [0.05, 0.1) is 12.2 Å². The fourth-order valence-corrected chi connectivity index (χ4v) is 2.23. The fourth-order valence-electron chi connectivity index (χ4n) is 1.58. The molecule has 0 bridgehead atoms. The molecule has 0 atom stereocenters. The van der Waals surface area contributed by atoms with Crippen LogP contribution >= 0.6 is 11.3 Å². The third-order valence-electron chi connectivity index (χ3n) is 2.54. The third kappa shape index (κ3) is 2.63. The van der Waals surface area contributed by atoms with Gasteiger partial charge in [0.2, 0.25) is 5.01 Å². The first-order valence-electron chi connectivity index (χ1n) is 5.51. The Morgan fingerprint density at radius 1 is 1.47 bits per heavy atom. The van der Waals surface area contributed by atoms with Gasteiger partial charge in [-0.1, -0.05) is 0 Å². The van der Waals surface area contributed by atoms with Crippen molar-refractivity contribution in [1.82, 2.24) is 14.1 Å². The molecule has 0 saturated carbocycles. The summed E-state index contributed by atoms with van der Waals surface area (Å²) in [7, 11) is 0. The van der Waals surface area contributed by atoms with Crippen molar-refractivity contribution < 1.29 is 9.90 Å². The van der Waals surface area contributed by atoms with Gasteiger partial charge < -0.3 is 9.67 Å². The Kier molecular flexibility index (Phi) is 3.61. The molecule has 0 aliphatic carbocycles. The molecular weight excluding hydrogens is 270 g/mol. The van der Waals surface area contributed by atoms with Crippen molar-refractivity contribution in [1.29, 1.82) is 0 Å². The lowest BCUT2D eigenvalue weighted by Gasteiger charge is -2.06. The van der Waals surface area contributed by atoms with E-state index in [1.807, 2.05) is 0 Å². The maximum absolute atomic E-state index is 12.0. The number of nitrogens with zero attached hydrogens (tertiary/aromatic N) is 3. The fraction of sp³-hybridized carbons (Fsp3) is 0.273. The van der Waals surface area contributed by atoms with E-state index >= 15 is 0 Å².